The Morgan fingerprint density at radius 1 is 1.14 bits per heavy atom. The summed E-state index contributed by atoms with van der Waals surface area (Å²) in [6.07, 6.45) is 8.22. The fraction of sp³-hybridized carbons (Fsp3) is 0.579. The van der Waals surface area contributed by atoms with Gasteiger partial charge >= 0.3 is 0 Å². The van der Waals surface area contributed by atoms with E-state index in [1.54, 1.807) is 0 Å². The number of nitrogens with one attached hydrogen (secondary N) is 1. The molecule has 21 heavy (non-hydrogen) atoms. The summed E-state index contributed by atoms with van der Waals surface area (Å²) in [4.78, 5) is 0. The molecule has 0 radical (unpaired) electrons. The van der Waals surface area contributed by atoms with Gasteiger partial charge in [0.2, 0.25) is 0 Å². The second kappa shape index (κ2) is 6.65. The van der Waals surface area contributed by atoms with Crippen molar-refractivity contribution in [3.8, 4) is 0 Å². The number of fused-ring (bicyclic) bond motifs is 1. The average Bonchev–Trinajstić information content (AvgIpc) is 2.82. The van der Waals surface area contributed by atoms with E-state index >= 15 is 0 Å². The van der Waals surface area contributed by atoms with Crippen LogP contribution in [0.3, 0.4) is 0 Å². The molecule has 0 spiro atoms. The molecule has 1 aromatic heterocycles. The van der Waals surface area contributed by atoms with Crippen LogP contribution < -0.4 is 5.32 Å². The Morgan fingerprint density at radius 2 is 1.90 bits per heavy atom. The quantitative estimate of drug-likeness (QED) is 0.817. The maximum atomic E-state index is 5.85. The number of benzene rings is 1. The molecule has 114 valence electrons. The van der Waals surface area contributed by atoms with E-state index in [1.807, 2.05) is 6.07 Å². The molecule has 0 amide bonds. The third-order valence-electron chi connectivity index (χ3n) is 5.01. The van der Waals surface area contributed by atoms with Crippen molar-refractivity contribution in [2.75, 3.05) is 0 Å². The van der Waals surface area contributed by atoms with Crippen molar-refractivity contribution in [2.24, 2.45) is 5.92 Å². The molecule has 1 aromatic carbocycles. The molecule has 1 N–H and O–H groups in total. The zero-order chi connectivity index (χ0) is 14.7. The summed E-state index contributed by atoms with van der Waals surface area (Å²) in [6, 6.07) is 9.04. The van der Waals surface area contributed by atoms with E-state index in [-0.39, 0.29) is 0 Å². The lowest BCUT2D eigenvalue weighted by atomic mass is 9.83. The minimum absolute atomic E-state index is 0.686. The van der Waals surface area contributed by atoms with Gasteiger partial charge < -0.3 is 9.73 Å². The molecule has 1 fully saturated rings. The van der Waals surface area contributed by atoms with Gasteiger partial charge in [0, 0.05) is 23.5 Å². The van der Waals surface area contributed by atoms with Crippen LogP contribution >= 0.6 is 0 Å². The van der Waals surface area contributed by atoms with Gasteiger partial charge in [0.15, 0.2) is 0 Å². The Morgan fingerprint density at radius 3 is 2.67 bits per heavy atom. The number of hydrogen-bond donors (Lipinski definition) is 1. The molecule has 0 bridgehead atoms. The van der Waals surface area contributed by atoms with E-state index in [0.717, 1.165) is 23.8 Å². The van der Waals surface area contributed by atoms with Crippen LogP contribution in [0.1, 0.15) is 56.8 Å². The van der Waals surface area contributed by atoms with E-state index in [1.165, 1.54) is 49.5 Å². The van der Waals surface area contributed by atoms with Gasteiger partial charge in [0.1, 0.15) is 11.3 Å². The second-order valence-electron chi connectivity index (χ2n) is 6.52. The molecule has 0 atom stereocenters. The zero-order valence-electron chi connectivity index (χ0n) is 13.3. The molecule has 0 saturated heterocycles. The maximum absolute atomic E-state index is 5.85. The van der Waals surface area contributed by atoms with Crippen molar-refractivity contribution in [3.63, 3.8) is 0 Å². The largest absolute Gasteiger partial charge is 0.461 e. The first-order valence-electron chi connectivity index (χ1n) is 8.48. The molecular weight excluding hydrogens is 258 g/mol. The molecule has 2 aromatic rings. The van der Waals surface area contributed by atoms with Crippen LogP contribution in [0.5, 0.6) is 0 Å². The number of furan rings is 1. The molecule has 1 saturated carbocycles. The Hall–Kier alpha value is -1.28. The minimum atomic E-state index is 0.686. The van der Waals surface area contributed by atoms with Gasteiger partial charge in [-0.1, -0.05) is 38.0 Å². The maximum Gasteiger partial charge on any atom is 0.134 e. The summed E-state index contributed by atoms with van der Waals surface area (Å²) in [7, 11) is 0. The van der Waals surface area contributed by atoms with Crippen LogP contribution in [0.25, 0.3) is 11.0 Å². The molecule has 0 aliphatic heterocycles. The van der Waals surface area contributed by atoms with E-state index in [9.17, 15) is 0 Å². The first kappa shape index (κ1) is 14.6. The first-order valence-corrected chi connectivity index (χ1v) is 8.48. The van der Waals surface area contributed by atoms with E-state index < -0.39 is 0 Å². The van der Waals surface area contributed by atoms with E-state index in [4.69, 9.17) is 4.42 Å². The SMILES string of the molecule is CCCC1CCC(NCc2c(C)oc3ccccc23)CC1. The highest BCUT2D eigenvalue weighted by Crippen LogP contribution is 2.29. The highest BCUT2D eigenvalue weighted by atomic mass is 16.3. The molecule has 2 nitrogen and oxygen atoms in total. The molecule has 3 rings (SSSR count). The predicted octanol–water partition coefficient (Wildman–Crippen LogP) is 5.19. The number of hydrogen-bond acceptors (Lipinski definition) is 2. The lowest BCUT2D eigenvalue weighted by molar-refractivity contribution is 0.277. The van der Waals surface area contributed by atoms with Crippen molar-refractivity contribution < 1.29 is 4.42 Å². The lowest BCUT2D eigenvalue weighted by Gasteiger charge is -2.29. The van der Waals surface area contributed by atoms with Crippen molar-refractivity contribution in [1.82, 2.24) is 5.32 Å². The van der Waals surface area contributed by atoms with Gasteiger partial charge in [0.05, 0.1) is 0 Å². The minimum Gasteiger partial charge on any atom is -0.461 e. The fourth-order valence-corrected chi connectivity index (χ4v) is 3.75. The van der Waals surface area contributed by atoms with Gasteiger partial charge in [-0.25, -0.2) is 0 Å². The highest BCUT2D eigenvalue weighted by Gasteiger charge is 2.20. The monoisotopic (exact) mass is 285 g/mol. The summed E-state index contributed by atoms with van der Waals surface area (Å²) in [5.41, 5.74) is 2.35. The van der Waals surface area contributed by atoms with Gasteiger partial charge in [-0.3, -0.25) is 0 Å². The van der Waals surface area contributed by atoms with Crippen LogP contribution in [0, 0.1) is 12.8 Å². The summed E-state index contributed by atoms with van der Waals surface area (Å²) in [5.74, 6) is 2.04. The highest BCUT2D eigenvalue weighted by molar-refractivity contribution is 5.82. The third-order valence-corrected chi connectivity index (χ3v) is 5.01. The average molecular weight is 285 g/mol. The van der Waals surface area contributed by atoms with Gasteiger partial charge in [-0.2, -0.15) is 0 Å². The fourth-order valence-electron chi connectivity index (χ4n) is 3.75. The third kappa shape index (κ3) is 3.32. The van der Waals surface area contributed by atoms with E-state index in [2.05, 4.69) is 37.4 Å². The van der Waals surface area contributed by atoms with Crippen LogP contribution in [0.15, 0.2) is 28.7 Å². The second-order valence-corrected chi connectivity index (χ2v) is 6.52. The Kier molecular flexibility index (Phi) is 4.64. The van der Waals surface area contributed by atoms with Crippen LogP contribution in [0.4, 0.5) is 0 Å². The molecule has 1 aliphatic carbocycles. The summed E-state index contributed by atoms with van der Waals surface area (Å²) in [6.45, 7) is 5.32. The van der Waals surface area contributed by atoms with Crippen LogP contribution in [-0.4, -0.2) is 6.04 Å². The summed E-state index contributed by atoms with van der Waals surface area (Å²) < 4.78 is 5.85. The number of rotatable bonds is 5. The molecule has 0 unspecified atom stereocenters. The lowest BCUT2D eigenvalue weighted by Crippen LogP contribution is -2.32. The summed E-state index contributed by atoms with van der Waals surface area (Å²) in [5, 5.41) is 5.03. The molecule has 1 heterocycles. The van der Waals surface area contributed by atoms with E-state index in [0.29, 0.717) is 6.04 Å². The Bertz CT molecular complexity index is 578. The smallest absolute Gasteiger partial charge is 0.134 e. The predicted molar refractivity (Wildman–Crippen MR) is 88.4 cm³/mol. The van der Waals surface area contributed by atoms with Crippen LogP contribution in [0.2, 0.25) is 0 Å². The summed E-state index contributed by atoms with van der Waals surface area (Å²) >= 11 is 0. The van der Waals surface area contributed by atoms with Gasteiger partial charge in [-0.15, -0.1) is 0 Å². The van der Waals surface area contributed by atoms with Crippen molar-refractivity contribution in [1.29, 1.82) is 0 Å². The zero-order valence-corrected chi connectivity index (χ0v) is 13.3. The number of para-hydroxylation sites is 1. The number of aryl methyl sites for hydroxylation is 1. The normalized spacial score (nSPS) is 22.8. The van der Waals surface area contributed by atoms with Crippen molar-refractivity contribution in [2.45, 2.75) is 65.0 Å². The topological polar surface area (TPSA) is 25.2 Å². The standard InChI is InChI=1S/C19H27NO/c1-3-6-15-9-11-16(12-10-15)20-13-18-14(2)21-19-8-5-4-7-17(18)19/h4-5,7-8,15-16,20H,3,6,9-13H2,1-2H3. The first-order chi connectivity index (χ1) is 10.3. The Labute approximate surface area is 127 Å². The van der Waals surface area contributed by atoms with Crippen molar-refractivity contribution in [3.05, 3.63) is 35.6 Å². The molecule has 2 heteroatoms. The van der Waals surface area contributed by atoms with Crippen molar-refractivity contribution >= 4 is 11.0 Å². The molecular formula is C19H27NO. The Balaban J connectivity index is 1.59. The van der Waals surface area contributed by atoms with Gasteiger partial charge in [0.25, 0.3) is 0 Å². The van der Waals surface area contributed by atoms with Gasteiger partial charge in [-0.05, 0) is 44.6 Å². The van der Waals surface area contributed by atoms with Crippen LogP contribution in [-0.2, 0) is 6.54 Å². The molecule has 1 aliphatic rings.